The number of hydrogen-bond donors (Lipinski definition) is 2. The fourth-order valence-corrected chi connectivity index (χ4v) is 4.45. The lowest BCUT2D eigenvalue weighted by atomic mass is 9.72. The smallest absolute Gasteiger partial charge is 0.426 e. The molecule has 0 amide bonds. The quantitative estimate of drug-likeness (QED) is 0.143. The molecule has 0 spiro atoms. The minimum atomic E-state index is -6.09. The standard InChI is InChI=1S/C30H22F10N2O2/c1-42-23-12-16-25(17-13-23)44-28(33,34)21-8-4-19(5-9-21)26(29(35,36)37,30(38,39)40)18-2-6-20(7-3-18)27(31,32)43-24-14-10-22(41)11-15-24/h2-17,42H,41H2,1H3. The Kier molecular flexibility index (Phi) is 8.42. The fourth-order valence-electron chi connectivity index (χ4n) is 4.45. The van der Waals surface area contributed by atoms with Crippen LogP contribution in [-0.2, 0) is 17.6 Å². The van der Waals surface area contributed by atoms with E-state index in [4.69, 9.17) is 5.73 Å². The average molecular weight is 632 g/mol. The van der Waals surface area contributed by atoms with Gasteiger partial charge in [-0.2, -0.15) is 43.9 Å². The van der Waals surface area contributed by atoms with Gasteiger partial charge in [0.15, 0.2) is 0 Å². The van der Waals surface area contributed by atoms with Gasteiger partial charge in [0, 0.05) is 18.4 Å². The lowest BCUT2D eigenvalue weighted by Crippen LogP contribution is -2.54. The number of rotatable bonds is 9. The summed E-state index contributed by atoms with van der Waals surface area (Å²) < 4.78 is 155. The Morgan fingerprint density at radius 2 is 0.795 bits per heavy atom. The first kappa shape index (κ1) is 32.3. The lowest BCUT2D eigenvalue weighted by molar-refractivity contribution is -0.288. The molecule has 0 fully saturated rings. The Hall–Kier alpha value is -4.62. The summed E-state index contributed by atoms with van der Waals surface area (Å²) in [6.07, 6.45) is -20.5. The lowest BCUT2D eigenvalue weighted by Gasteiger charge is -2.38. The molecule has 234 valence electrons. The van der Waals surface area contributed by atoms with Gasteiger partial charge in [-0.05, 0) is 83.9 Å². The van der Waals surface area contributed by atoms with E-state index in [1.54, 1.807) is 7.05 Å². The van der Waals surface area contributed by atoms with Gasteiger partial charge in [-0.1, -0.05) is 24.3 Å². The van der Waals surface area contributed by atoms with Crippen molar-refractivity contribution in [1.82, 2.24) is 0 Å². The van der Waals surface area contributed by atoms with Gasteiger partial charge in [-0.15, -0.1) is 0 Å². The monoisotopic (exact) mass is 632 g/mol. The average Bonchev–Trinajstić information content (AvgIpc) is 2.94. The van der Waals surface area contributed by atoms with Gasteiger partial charge in [0.2, 0.25) is 5.41 Å². The van der Waals surface area contributed by atoms with E-state index in [-0.39, 0.29) is 41.5 Å². The van der Waals surface area contributed by atoms with Crippen LogP contribution in [0.2, 0.25) is 0 Å². The summed E-state index contributed by atoms with van der Waals surface area (Å²) in [6.45, 7) is 0. The molecule has 4 rings (SSSR count). The molecule has 4 nitrogen and oxygen atoms in total. The van der Waals surface area contributed by atoms with Crippen LogP contribution in [-0.4, -0.2) is 19.4 Å². The summed E-state index contributed by atoms with van der Waals surface area (Å²) >= 11 is 0. The van der Waals surface area contributed by atoms with Crippen LogP contribution in [0.25, 0.3) is 0 Å². The summed E-state index contributed by atoms with van der Waals surface area (Å²) in [4.78, 5) is 0. The summed E-state index contributed by atoms with van der Waals surface area (Å²) in [5.41, 5.74) is -3.56. The first-order valence-corrected chi connectivity index (χ1v) is 12.5. The van der Waals surface area contributed by atoms with E-state index < -0.39 is 52.2 Å². The number of nitrogens with one attached hydrogen (secondary N) is 1. The van der Waals surface area contributed by atoms with Crippen molar-refractivity contribution in [3.8, 4) is 11.5 Å². The predicted molar refractivity (Wildman–Crippen MR) is 142 cm³/mol. The second-order valence-electron chi connectivity index (χ2n) is 9.48. The number of ether oxygens (including phenoxy) is 2. The topological polar surface area (TPSA) is 56.5 Å². The number of anilines is 2. The first-order chi connectivity index (χ1) is 20.4. The Morgan fingerprint density at radius 3 is 1.11 bits per heavy atom. The van der Waals surface area contributed by atoms with Crippen LogP contribution < -0.4 is 20.5 Å². The molecule has 0 aliphatic carbocycles. The van der Waals surface area contributed by atoms with Gasteiger partial charge >= 0.3 is 24.6 Å². The van der Waals surface area contributed by atoms with Crippen molar-refractivity contribution in [1.29, 1.82) is 0 Å². The number of benzene rings is 4. The van der Waals surface area contributed by atoms with Crippen molar-refractivity contribution < 1.29 is 53.4 Å². The molecule has 0 bridgehead atoms. The highest BCUT2D eigenvalue weighted by Gasteiger charge is 2.72. The van der Waals surface area contributed by atoms with E-state index in [0.717, 1.165) is 12.1 Å². The highest BCUT2D eigenvalue weighted by molar-refractivity contribution is 5.48. The molecular weight excluding hydrogens is 610 g/mol. The molecule has 0 saturated carbocycles. The maximum atomic E-state index is 14.8. The Morgan fingerprint density at radius 1 is 0.477 bits per heavy atom. The van der Waals surface area contributed by atoms with Gasteiger partial charge in [0.1, 0.15) is 11.5 Å². The zero-order valence-electron chi connectivity index (χ0n) is 22.4. The summed E-state index contributed by atoms with van der Waals surface area (Å²) in [5, 5.41) is 2.75. The molecule has 4 aromatic rings. The normalized spacial score (nSPS) is 13.0. The number of nitrogens with two attached hydrogens (primary N) is 1. The van der Waals surface area contributed by atoms with Crippen LogP contribution in [0.15, 0.2) is 97.1 Å². The van der Waals surface area contributed by atoms with Crippen LogP contribution in [0.4, 0.5) is 55.3 Å². The van der Waals surface area contributed by atoms with Gasteiger partial charge in [0.05, 0.1) is 11.1 Å². The second-order valence-corrected chi connectivity index (χ2v) is 9.48. The number of halogens is 10. The molecule has 0 aliphatic heterocycles. The molecule has 0 heterocycles. The van der Waals surface area contributed by atoms with Gasteiger partial charge in [0.25, 0.3) is 0 Å². The Bertz CT molecular complexity index is 1540. The van der Waals surface area contributed by atoms with E-state index in [2.05, 4.69) is 14.8 Å². The van der Waals surface area contributed by atoms with Crippen molar-refractivity contribution in [2.24, 2.45) is 0 Å². The fraction of sp³-hybridized carbons (Fsp3) is 0.200. The van der Waals surface area contributed by atoms with Gasteiger partial charge in [-0.3, -0.25) is 0 Å². The predicted octanol–water partition coefficient (Wildman–Crippen LogP) is 8.98. The van der Waals surface area contributed by atoms with E-state index in [1.165, 1.54) is 36.4 Å². The molecule has 3 N–H and O–H groups in total. The van der Waals surface area contributed by atoms with Crippen molar-refractivity contribution in [2.45, 2.75) is 30.0 Å². The highest BCUT2D eigenvalue weighted by Crippen LogP contribution is 2.56. The van der Waals surface area contributed by atoms with Crippen molar-refractivity contribution in [3.63, 3.8) is 0 Å². The van der Waals surface area contributed by atoms with Crippen LogP contribution in [0.3, 0.4) is 0 Å². The zero-order valence-corrected chi connectivity index (χ0v) is 22.4. The Balaban J connectivity index is 1.71. The third-order valence-corrected chi connectivity index (χ3v) is 6.67. The van der Waals surface area contributed by atoms with Gasteiger partial charge < -0.3 is 20.5 Å². The molecule has 44 heavy (non-hydrogen) atoms. The van der Waals surface area contributed by atoms with E-state index in [1.807, 2.05) is 0 Å². The minimum Gasteiger partial charge on any atom is -0.429 e. The maximum Gasteiger partial charge on any atom is 0.426 e. The number of nitrogen functional groups attached to an aromatic ring is 1. The van der Waals surface area contributed by atoms with E-state index in [9.17, 15) is 43.9 Å². The molecule has 0 aliphatic rings. The van der Waals surface area contributed by atoms with Crippen LogP contribution >= 0.6 is 0 Å². The molecule has 0 saturated heterocycles. The largest absolute Gasteiger partial charge is 0.429 e. The molecule has 0 radical (unpaired) electrons. The summed E-state index contributed by atoms with van der Waals surface area (Å²) in [6, 6.07) is 12.2. The second kappa shape index (κ2) is 11.5. The van der Waals surface area contributed by atoms with Crippen molar-refractivity contribution >= 4 is 11.4 Å². The van der Waals surface area contributed by atoms with E-state index in [0.29, 0.717) is 30.0 Å². The highest BCUT2D eigenvalue weighted by atomic mass is 19.4. The number of hydrogen-bond acceptors (Lipinski definition) is 4. The summed E-state index contributed by atoms with van der Waals surface area (Å²) in [5.74, 6) is -0.695. The zero-order chi connectivity index (χ0) is 32.6. The van der Waals surface area contributed by atoms with E-state index >= 15 is 0 Å². The van der Waals surface area contributed by atoms with Crippen LogP contribution in [0, 0.1) is 0 Å². The third kappa shape index (κ3) is 6.19. The molecule has 4 aromatic carbocycles. The molecule has 0 unspecified atom stereocenters. The maximum absolute atomic E-state index is 14.8. The summed E-state index contributed by atoms with van der Waals surface area (Å²) in [7, 11) is 1.58. The van der Waals surface area contributed by atoms with Crippen LogP contribution in [0.1, 0.15) is 22.3 Å². The molecule has 0 aromatic heterocycles. The SMILES string of the molecule is CNc1ccc(OC(F)(F)c2ccc(C(c3ccc(C(F)(F)Oc4ccc(N)cc4)cc3)(C(F)(F)F)C(F)(F)F)cc2)cc1. The van der Waals surface area contributed by atoms with Crippen molar-refractivity contribution in [3.05, 3.63) is 119 Å². The molecule has 14 heteroatoms. The third-order valence-electron chi connectivity index (χ3n) is 6.67. The van der Waals surface area contributed by atoms with Crippen LogP contribution in [0.5, 0.6) is 11.5 Å². The van der Waals surface area contributed by atoms with Gasteiger partial charge in [-0.25, -0.2) is 0 Å². The number of alkyl halides is 10. The molecular formula is C30H22F10N2O2. The molecule has 0 atom stereocenters. The first-order valence-electron chi connectivity index (χ1n) is 12.5. The minimum absolute atomic E-state index is 0.226. The van der Waals surface area contributed by atoms with Crippen molar-refractivity contribution in [2.75, 3.05) is 18.1 Å². The Labute approximate surface area is 244 Å².